The van der Waals surface area contributed by atoms with Crippen molar-refractivity contribution in [2.75, 3.05) is 11.5 Å². The van der Waals surface area contributed by atoms with E-state index in [4.69, 9.17) is 21.7 Å². The first-order valence-electron chi connectivity index (χ1n) is 8.90. The summed E-state index contributed by atoms with van der Waals surface area (Å²) in [6, 6.07) is 13.2. The lowest BCUT2D eigenvalue weighted by Gasteiger charge is -2.13. The van der Waals surface area contributed by atoms with E-state index in [-0.39, 0.29) is 16.4 Å². The maximum absolute atomic E-state index is 11.2. The Bertz CT molecular complexity index is 1300. The minimum atomic E-state index is -1.14. The minimum Gasteiger partial charge on any atom is -0.478 e. The molecule has 0 bridgehead atoms. The van der Waals surface area contributed by atoms with Crippen LogP contribution in [0.3, 0.4) is 0 Å². The quantitative estimate of drug-likeness (QED) is 0.345. The van der Waals surface area contributed by atoms with Gasteiger partial charge in [-0.1, -0.05) is 24.3 Å². The van der Waals surface area contributed by atoms with Gasteiger partial charge in [-0.3, -0.25) is 0 Å². The average Bonchev–Trinajstić information content (AvgIpc) is 3.25. The topological polar surface area (TPSA) is 165 Å². The summed E-state index contributed by atoms with van der Waals surface area (Å²) < 4.78 is 0. The van der Waals surface area contributed by atoms with Gasteiger partial charge in [0.15, 0.2) is 5.82 Å². The van der Waals surface area contributed by atoms with Crippen molar-refractivity contribution < 1.29 is 19.8 Å². The molecule has 31 heavy (non-hydrogen) atoms. The number of nitrogens with zero attached hydrogens (tertiary/aromatic N) is 3. The molecule has 0 aliphatic heterocycles. The summed E-state index contributed by atoms with van der Waals surface area (Å²) in [6.07, 6.45) is 1.39. The van der Waals surface area contributed by atoms with Crippen LogP contribution >= 0.6 is 11.3 Å². The SMILES string of the molecule is Nc1ccc(-c2nc(-c3cnc(C(=O)O)s3)c(N)nc2-c2ccc(C(=O)O)cc2)cc1. The molecule has 0 saturated heterocycles. The highest BCUT2D eigenvalue weighted by Gasteiger charge is 2.20. The van der Waals surface area contributed by atoms with E-state index in [0.29, 0.717) is 38.8 Å². The number of benzene rings is 2. The lowest BCUT2D eigenvalue weighted by atomic mass is 10.0. The number of anilines is 2. The number of hydrogen-bond acceptors (Lipinski definition) is 8. The summed E-state index contributed by atoms with van der Waals surface area (Å²) in [4.78, 5) is 35.9. The van der Waals surface area contributed by atoms with Crippen molar-refractivity contribution in [3.05, 3.63) is 65.3 Å². The van der Waals surface area contributed by atoms with Crippen molar-refractivity contribution in [2.24, 2.45) is 0 Å². The van der Waals surface area contributed by atoms with Crippen molar-refractivity contribution in [1.29, 1.82) is 0 Å². The van der Waals surface area contributed by atoms with E-state index in [9.17, 15) is 9.59 Å². The smallest absolute Gasteiger partial charge is 0.365 e. The van der Waals surface area contributed by atoms with Crippen molar-refractivity contribution >= 4 is 34.8 Å². The summed E-state index contributed by atoms with van der Waals surface area (Å²) in [5, 5.41) is 18.2. The third-order valence-corrected chi connectivity index (χ3v) is 5.43. The van der Waals surface area contributed by atoms with E-state index in [1.165, 1.54) is 18.3 Å². The van der Waals surface area contributed by atoms with Crippen LogP contribution in [-0.2, 0) is 0 Å². The molecule has 6 N–H and O–H groups in total. The van der Waals surface area contributed by atoms with Gasteiger partial charge in [0.2, 0.25) is 5.01 Å². The Labute approximate surface area is 179 Å². The number of carbonyl (C=O) groups is 2. The first-order chi connectivity index (χ1) is 14.8. The zero-order valence-corrected chi connectivity index (χ0v) is 16.6. The summed E-state index contributed by atoms with van der Waals surface area (Å²) in [5.41, 5.74) is 15.3. The molecule has 0 spiro atoms. The van der Waals surface area contributed by atoms with Gasteiger partial charge in [0.05, 0.1) is 21.8 Å². The fraction of sp³-hybridized carbons (Fsp3) is 0. The molecule has 2 heterocycles. The molecule has 0 aliphatic rings. The molecule has 10 heteroatoms. The third kappa shape index (κ3) is 3.91. The zero-order chi connectivity index (χ0) is 22.1. The Morgan fingerprint density at radius 3 is 1.90 bits per heavy atom. The standard InChI is InChI=1S/C21H15N5O4S/c22-13-7-5-11(6-8-13)15-16(10-1-3-12(4-2-10)20(27)28)26-18(23)17(25-15)14-9-24-19(31-14)21(29)30/h1-9H,22H2,(H2,23,26)(H,27,28)(H,29,30). The summed E-state index contributed by atoms with van der Waals surface area (Å²) in [6.45, 7) is 0. The lowest BCUT2D eigenvalue weighted by Crippen LogP contribution is -2.03. The van der Waals surface area contributed by atoms with Crippen molar-refractivity contribution in [1.82, 2.24) is 15.0 Å². The largest absolute Gasteiger partial charge is 0.478 e. The molecule has 9 nitrogen and oxygen atoms in total. The molecule has 0 unspecified atom stereocenters. The Kier molecular flexibility index (Phi) is 5.05. The van der Waals surface area contributed by atoms with Gasteiger partial charge < -0.3 is 21.7 Å². The number of thiazole rings is 1. The molecule has 2 aromatic carbocycles. The number of nitrogen functional groups attached to an aromatic ring is 2. The van der Waals surface area contributed by atoms with Crippen LogP contribution in [0.4, 0.5) is 11.5 Å². The van der Waals surface area contributed by atoms with Gasteiger partial charge >= 0.3 is 11.9 Å². The monoisotopic (exact) mass is 433 g/mol. The van der Waals surface area contributed by atoms with Gasteiger partial charge in [0, 0.05) is 23.0 Å². The van der Waals surface area contributed by atoms with Crippen molar-refractivity contribution in [3.63, 3.8) is 0 Å². The van der Waals surface area contributed by atoms with Gasteiger partial charge in [-0.25, -0.2) is 24.5 Å². The second-order valence-corrected chi connectivity index (χ2v) is 7.52. The van der Waals surface area contributed by atoms with E-state index in [1.807, 2.05) is 0 Å². The number of carboxylic acid groups (broad SMARTS) is 2. The highest BCUT2D eigenvalue weighted by molar-refractivity contribution is 7.16. The van der Waals surface area contributed by atoms with Crippen molar-refractivity contribution in [2.45, 2.75) is 0 Å². The van der Waals surface area contributed by atoms with Crippen LogP contribution in [0.1, 0.15) is 20.2 Å². The first kappa shape index (κ1) is 20.0. The van der Waals surface area contributed by atoms with Gasteiger partial charge in [-0.2, -0.15) is 0 Å². The molecule has 0 fully saturated rings. The average molecular weight is 433 g/mol. The molecule has 0 atom stereocenters. The van der Waals surface area contributed by atoms with Crippen LogP contribution in [0.15, 0.2) is 54.7 Å². The third-order valence-electron chi connectivity index (χ3n) is 4.43. The number of hydrogen-bond donors (Lipinski definition) is 4. The molecular weight excluding hydrogens is 418 g/mol. The highest BCUT2D eigenvalue weighted by Crippen LogP contribution is 2.36. The molecular formula is C21H15N5O4S. The van der Waals surface area contributed by atoms with Gasteiger partial charge in [0.25, 0.3) is 0 Å². The van der Waals surface area contributed by atoms with Gasteiger partial charge in [0.1, 0.15) is 5.69 Å². The Balaban J connectivity index is 1.91. The molecule has 0 amide bonds. The maximum atomic E-state index is 11.2. The fourth-order valence-corrected chi connectivity index (χ4v) is 3.68. The minimum absolute atomic E-state index is 0.0847. The number of aromatic carboxylic acids is 2. The molecule has 0 radical (unpaired) electrons. The van der Waals surface area contributed by atoms with Crippen LogP contribution < -0.4 is 11.5 Å². The van der Waals surface area contributed by atoms with E-state index in [0.717, 1.165) is 11.3 Å². The van der Waals surface area contributed by atoms with Crippen molar-refractivity contribution in [3.8, 4) is 33.1 Å². The second kappa shape index (κ2) is 7.84. The number of nitrogens with two attached hydrogens (primary N) is 2. The predicted molar refractivity (Wildman–Crippen MR) is 117 cm³/mol. The zero-order valence-electron chi connectivity index (χ0n) is 15.8. The Morgan fingerprint density at radius 1 is 0.774 bits per heavy atom. The predicted octanol–water partition coefficient (Wildman–Crippen LogP) is 3.49. The molecule has 2 aromatic heterocycles. The highest BCUT2D eigenvalue weighted by atomic mass is 32.1. The summed E-state index contributed by atoms with van der Waals surface area (Å²) >= 11 is 0.943. The molecule has 4 aromatic rings. The summed E-state index contributed by atoms with van der Waals surface area (Å²) in [7, 11) is 0. The molecule has 4 rings (SSSR count). The second-order valence-electron chi connectivity index (χ2n) is 6.49. The molecule has 0 aliphatic carbocycles. The van der Waals surface area contributed by atoms with E-state index in [2.05, 4.69) is 15.0 Å². The number of aromatic nitrogens is 3. The first-order valence-corrected chi connectivity index (χ1v) is 9.72. The number of carboxylic acids is 2. The molecule has 0 saturated carbocycles. The van der Waals surface area contributed by atoms with Gasteiger partial charge in [-0.15, -0.1) is 11.3 Å². The normalized spacial score (nSPS) is 10.7. The van der Waals surface area contributed by atoms with E-state index < -0.39 is 11.9 Å². The Morgan fingerprint density at radius 2 is 1.35 bits per heavy atom. The lowest BCUT2D eigenvalue weighted by molar-refractivity contribution is 0.0686. The fourth-order valence-electron chi connectivity index (χ4n) is 2.93. The Hall–Kier alpha value is -4.31. The van der Waals surface area contributed by atoms with Crippen LogP contribution in [0.5, 0.6) is 0 Å². The van der Waals surface area contributed by atoms with Crippen LogP contribution in [0.2, 0.25) is 0 Å². The number of rotatable bonds is 5. The maximum Gasteiger partial charge on any atom is 0.365 e. The van der Waals surface area contributed by atoms with E-state index >= 15 is 0 Å². The van der Waals surface area contributed by atoms with E-state index in [1.54, 1.807) is 36.4 Å². The molecule has 154 valence electrons. The van der Waals surface area contributed by atoms with Crippen LogP contribution in [-0.4, -0.2) is 37.1 Å². The van der Waals surface area contributed by atoms with Crippen LogP contribution in [0.25, 0.3) is 33.1 Å². The van der Waals surface area contributed by atoms with Gasteiger partial charge in [-0.05, 0) is 24.3 Å². The van der Waals surface area contributed by atoms with Crippen LogP contribution in [0, 0.1) is 0 Å². The summed E-state index contributed by atoms with van der Waals surface area (Å²) in [5.74, 6) is -2.08.